The quantitative estimate of drug-likeness (QED) is 0.375. The van der Waals surface area contributed by atoms with Gasteiger partial charge in [-0.1, -0.05) is 71.1 Å². The summed E-state index contributed by atoms with van der Waals surface area (Å²) in [5.41, 5.74) is 5.61. The van der Waals surface area contributed by atoms with Crippen LogP contribution in [0.2, 0.25) is 0 Å². The van der Waals surface area contributed by atoms with Gasteiger partial charge in [0.2, 0.25) is 0 Å². The van der Waals surface area contributed by atoms with Crippen molar-refractivity contribution in [2.24, 2.45) is 5.73 Å². The number of nitrogens with one attached hydrogen (secondary N) is 1. The van der Waals surface area contributed by atoms with Gasteiger partial charge < -0.3 is 11.1 Å². The summed E-state index contributed by atoms with van der Waals surface area (Å²) in [5, 5.41) is 3.25. The van der Waals surface area contributed by atoms with Crippen molar-refractivity contribution >= 4 is 0 Å². The predicted octanol–water partition coefficient (Wildman–Crippen LogP) is 4.19. The summed E-state index contributed by atoms with van der Waals surface area (Å²) in [7, 11) is 0. The van der Waals surface area contributed by atoms with Gasteiger partial charge in [-0.25, -0.2) is 0 Å². The second-order valence-corrected chi connectivity index (χ2v) is 5.28. The molecular weight excluding hydrogens is 208 g/mol. The molecule has 3 N–H and O–H groups in total. The molecule has 0 bridgehead atoms. The molecule has 0 aliphatic carbocycles. The first kappa shape index (κ1) is 16.9. The van der Waals surface area contributed by atoms with Crippen molar-refractivity contribution in [3.05, 3.63) is 0 Å². The van der Waals surface area contributed by atoms with Crippen molar-refractivity contribution in [1.82, 2.24) is 5.32 Å². The van der Waals surface area contributed by atoms with Gasteiger partial charge in [-0.15, -0.1) is 0 Å². The fourth-order valence-electron chi connectivity index (χ4n) is 2.12. The van der Waals surface area contributed by atoms with E-state index in [0.29, 0.717) is 0 Å². The lowest BCUT2D eigenvalue weighted by molar-refractivity contribution is 0.514. The largest absolute Gasteiger partial charge is 0.316 e. The summed E-state index contributed by atoms with van der Waals surface area (Å²) in [6.07, 6.45) is 15.6. The summed E-state index contributed by atoms with van der Waals surface area (Å²) < 4.78 is 0. The Morgan fingerprint density at radius 2 is 1.18 bits per heavy atom. The minimum Gasteiger partial charge on any atom is -0.316 e. The highest BCUT2D eigenvalue weighted by molar-refractivity contribution is 4.52. The Labute approximate surface area is 109 Å². The Balaban J connectivity index is 2.89. The molecule has 0 saturated heterocycles. The van der Waals surface area contributed by atoms with Crippen LogP contribution in [0, 0.1) is 0 Å². The van der Waals surface area contributed by atoms with E-state index in [9.17, 15) is 0 Å². The number of hydrogen-bond donors (Lipinski definition) is 2. The maximum Gasteiger partial charge on any atom is 0.0517 e. The summed E-state index contributed by atoms with van der Waals surface area (Å²) in [4.78, 5) is 0. The van der Waals surface area contributed by atoms with Gasteiger partial charge in [0, 0.05) is 0 Å². The summed E-state index contributed by atoms with van der Waals surface area (Å²) in [6, 6.07) is 0. The molecule has 2 heteroatoms. The Bertz CT molecular complexity index is 135. The van der Waals surface area contributed by atoms with Crippen molar-refractivity contribution < 1.29 is 0 Å². The molecule has 0 aromatic carbocycles. The van der Waals surface area contributed by atoms with Crippen LogP contribution >= 0.6 is 0 Å². The minimum absolute atomic E-state index is 0.151. The van der Waals surface area contributed by atoms with Crippen LogP contribution in [0.25, 0.3) is 0 Å². The van der Waals surface area contributed by atoms with E-state index in [1.807, 2.05) is 6.92 Å². The van der Waals surface area contributed by atoms with Crippen molar-refractivity contribution in [2.45, 2.75) is 90.6 Å². The minimum atomic E-state index is 0.151. The van der Waals surface area contributed by atoms with Crippen molar-refractivity contribution in [3.8, 4) is 0 Å². The number of nitrogens with two attached hydrogens (primary N) is 1. The van der Waals surface area contributed by atoms with E-state index in [0.717, 1.165) is 6.54 Å². The third kappa shape index (κ3) is 15.9. The number of rotatable bonds is 13. The average molecular weight is 242 g/mol. The number of unbranched alkanes of at least 4 members (excludes halogenated alkanes) is 10. The SMILES string of the molecule is CCCCCCCCCCCCCNC(C)N. The van der Waals surface area contributed by atoms with Gasteiger partial charge >= 0.3 is 0 Å². The molecule has 0 aromatic rings. The molecule has 0 saturated carbocycles. The van der Waals surface area contributed by atoms with E-state index >= 15 is 0 Å². The Morgan fingerprint density at radius 3 is 1.59 bits per heavy atom. The zero-order valence-corrected chi connectivity index (χ0v) is 12.1. The highest BCUT2D eigenvalue weighted by Gasteiger charge is 1.94. The second-order valence-electron chi connectivity index (χ2n) is 5.28. The van der Waals surface area contributed by atoms with Crippen molar-refractivity contribution in [3.63, 3.8) is 0 Å². The average Bonchev–Trinajstić information content (AvgIpc) is 2.30. The van der Waals surface area contributed by atoms with Gasteiger partial charge in [0.15, 0.2) is 0 Å². The third-order valence-electron chi connectivity index (χ3n) is 3.25. The van der Waals surface area contributed by atoms with Crippen LogP contribution in [0.15, 0.2) is 0 Å². The lowest BCUT2D eigenvalue weighted by Gasteiger charge is -2.07. The summed E-state index contributed by atoms with van der Waals surface area (Å²) in [5.74, 6) is 0. The summed E-state index contributed by atoms with van der Waals surface area (Å²) >= 11 is 0. The number of hydrogen-bond acceptors (Lipinski definition) is 2. The molecule has 0 rings (SSSR count). The molecule has 0 radical (unpaired) electrons. The van der Waals surface area contributed by atoms with Gasteiger partial charge in [0.1, 0.15) is 0 Å². The van der Waals surface area contributed by atoms with Gasteiger partial charge in [-0.2, -0.15) is 0 Å². The smallest absolute Gasteiger partial charge is 0.0517 e. The van der Waals surface area contributed by atoms with Crippen LogP contribution in [-0.2, 0) is 0 Å². The van der Waals surface area contributed by atoms with E-state index in [-0.39, 0.29) is 6.17 Å². The molecule has 0 aliphatic heterocycles. The fraction of sp³-hybridized carbons (Fsp3) is 1.00. The van der Waals surface area contributed by atoms with E-state index in [1.165, 1.54) is 70.6 Å². The Hall–Kier alpha value is -0.0800. The molecule has 0 heterocycles. The topological polar surface area (TPSA) is 38.0 Å². The molecule has 0 spiro atoms. The molecule has 0 aromatic heterocycles. The summed E-state index contributed by atoms with van der Waals surface area (Å²) in [6.45, 7) is 5.35. The first-order valence-electron chi connectivity index (χ1n) is 7.76. The molecule has 0 amide bonds. The first-order chi connectivity index (χ1) is 8.27. The first-order valence-corrected chi connectivity index (χ1v) is 7.76. The highest BCUT2D eigenvalue weighted by Crippen LogP contribution is 2.10. The molecule has 0 aliphatic rings. The predicted molar refractivity (Wildman–Crippen MR) is 78.1 cm³/mol. The van der Waals surface area contributed by atoms with E-state index < -0.39 is 0 Å². The second kappa shape index (κ2) is 14.0. The molecule has 2 nitrogen and oxygen atoms in total. The van der Waals surface area contributed by atoms with E-state index in [4.69, 9.17) is 5.73 Å². The lowest BCUT2D eigenvalue weighted by Crippen LogP contribution is -2.34. The maximum absolute atomic E-state index is 5.61. The van der Waals surface area contributed by atoms with Gasteiger partial charge in [0.05, 0.1) is 6.17 Å². The van der Waals surface area contributed by atoms with Crippen molar-refractivity contribution in [1.29, 1.82) is 0 Å². The van der Waals surface area contributed by atoms with Crippen LogP contribution in [0.1, 0.15) is 84.5 Å². The zero-order valence-electron chi connectivity index (χ0n) is 12.1. The zero-order chi connectivity index (χ0) is 12.8. The molecule has 17 heavy (non-hydrogen) atoms. The molecule has 1 unspecified atom stereocenters. The third-order valence-corrected chi connectivity index (χ3v) is 3.25. The molecule has 1 atom stereocenters. The van der Waals surface area contributed by atoms with Crippen LogP contribution < -0.4 is 11.1 Å². The van der Waals surface area contributed by atoms with Crippen LogP contribution in [0.5, 0.6) is 0 Å². The highest BCUT2D eigenvalue weighted by atomic mass is 15.0. The van der Waals surface area contributed by atoms with Gasteiger partial charge in [-0.3, -0.25) is 0 Å². The maximum atomic E-state index is 5.61. The van der Waals surface area contributed by atoms with E-state index in [2.05, 4.69) is 12.2 Å². The van der Waals surface area contributed by atoms with Crippen molar-refractivity contribution in [2.75, 3.05) is 6.54 Å². The lowest BCUT2D eigenvalue weighted by atomic mass is 10.1. The normalized spacial score (nSPS) is 12.9. The Kier molecular flexibility index (Phi) is 13.9. The molecular formula is C15H34N2. The van der Waals surface area contributed by atoms with Crippen LogP contribution in [0.4, 0.5) is 0 Å². The monoisotopic (exact) mass is 242 g/mol. The molecule has 104 valence electrons. The van der Waals surface area contributed by atoms with Crippen LogP contribution in [-0.4, -0.2) is 12.7 Å². The van der Waals surface area contributed by atoms with Gasteiger partial charge in [-0.05, 0) is 19.9 Å². The Morgan fingerprint density at radius 1 is 0.765 bits per heavy atom. The molecule has 0 fully saturated rings. The van der Waals surface area contributed by atoms with Gasteiger partial charge in [0.25, 0.3) is 0 Å². The standard InChI is InChI=1S/C15H34N2/c1-3-4-5-6-7-8-9-10-11-12-13-14-17-15(2)16/h15,17H,3-14,16H2,1-2H3. The van der Waals surface area contributed by atoms with Crippen LogP contribution in [0.3, 0.4) is 0 Å². The van der Waals surface area contributed by atoms with E-state index in [1.54, 1.807) is 0 Å². The fourth-order valence-corrected chi connectivity index (χ4v) is 2.12.